The molecule has 0 bridgehead atoms. The van der Waals surface area contributed by atoms with Gasteiger partial charge in [0.15, 0.2) is 0 Å². The predicted molar refractivity (Wildman–Crippen MR) is 65.2 cm³/mol. The van der Waals surface area contributed by atoms with Gasteiger partial charge in [-0.05, 0) is 12.1 Å². The van der Waals surface area contributed by atoms with Crippen molar-refractivity contribution in [3.8, 4) is 23.7 Å². The molecule has 17 heavy (non-hydrogen) atoms. The number of hydrogen-bond acceptors (Lipinski definition) is 2. The summed E-state index contributed by atoms with van der Waals surface area (Å²) in [5.74, 6) is 2.62. The molecule has 0 aliphatic carbocycles. The second kappa shape index (κ2) is 3.80. The highest BCUT2D eigenvalue weighted by Gasteiger charge is 2.07. The Morgan fingerprint density at radius 1 is 1.24 bits per heavy atom. The van der Waals surface area contributed by atoms with Crippen LogP contribution in [0.25, 0.3) is 17.0 Å². The summed E-state index contributed by atoms with van der Waals surface area (Å²) in [4.78, 5) is 4.27. The molecule has 4 nitrogen and oxygen atoms in total. The highest BCUT2D eigenvalue weighted by molar-refractivity contribution is 5.60. The van der Waals surface area contributed by atoms with E-state index in [1.165, 1.54) is 0 Å². The molecule has 3 heterocycles. The third kappa shape index (κ3) is 1.58. The molecular weight excluding hydrogens is 212 g/mol. The molecule has 0 radical (unpaired) electrons. The lowest BCUT2D eigenvalue weighted by molar-refractivity contribution is 0.869. The van der Waals surface area contributed by atoms with Gasteiger partial charge in [0.1, 0.15) is 11.3 Å². The van der Waals surface area contributed by atoms with Gasteiger partial charge in [-0.25, -0.2) is 4.52 Å². The van der Waals surface area contributed by atoms with Crippen molar-refractivity contribution in [2.75, 3.05) is 0 Å². The Labute approximate surface area is 98.5 Å². The quantitative estimate of drug-likeness (QED) is 0.620. The van der Waals surface area contributed by atoms with E-state index in [0.29, 0.717) is 6.54 Å². The van der Waals surface area contributed by atoms with E-state index in [0.717, 1.165) is 17.0 Å². The van der Waals surface area contributed by atoms with Gasteiger partial charge in [-0.2, -0.15) is 5.10 Å². The summed E-state index contributed by atoms with van der Waals surface area (Å²) in [7, 11) is 0. The van der Waals surface area contributed by atoms with Gasteiger partial charge < -0.3 is 4.57 Å². The zero-order valence-electron chi connectivity index (χ0n) is 9.11. The third-order valence-electron chi connectivity index (χ3n) is 2.59. The summed E-state index contributed by atoms with van der Waals surface area (Å²) < 4.78 is 3.78. The first kappa shape index (κ1) is 9.67. The molecule has 0 fully saturated rings. The van der Waals surface area contributed by atoms with Gasteiger partial charge in [0, 0.05) is 24.7 Å². The van der Waals surface area contributed by atoms with Crippen molar-refractivity contribution in [2.24, 2.45) is 0 Å². The van der Waals surface area contributed by atoms with E-state index < -0.39 is 0 Å². The smallest absolute Gasteiger partial charge is 0.137 e. The Balaban J connectivity index is 2.12. The van der Waals surface area contributed by atoms with Crippen molar-refractivity contribution in [1.29, 1.82) is 0 Å². The van der Waals surface area contributed by atoms with E-state index in [2.05, 4.69) is 16.0 Å². The zero-order chi connectivity index (χ0) is 11.7. The molecule has 0 atom stereocenters. The van der Waals surface area contributed by atoms with Crippen LogP contribution in [-0.2, 0) is 6.54 Å². The summed E-state index contributed by atoms with van der Waals surface area (Å²) in [6.07, 6.45) is 10.9. The molecule has 0 spiro atoms. The van der Waals surface area contributed by atoms with Crippen LogP contribution in [0.4, 0.5) is 0 Å². The lowest BCUT2D eigenvalue weighted by atomic mass is 10.3. The molecule has 3 rings (SSSR count). The molecule has 3 aromatic heterocycles. The van der Waals surface area contributed by atoms with Crippen LogP contribution in [0.2, 0.25) is 0 Å². The van der Waals surface area contributed by atoms with Crippen molar-refractivity contribution in [2.45, 2.75) is 6.54 Å². The van der Waals surface area contributed by atoms with E-state index in [9.17, 15) is 0 Å². The normalized spacial score (nSPS) is 10.5. The summed E-state index contributed by atoms with van der Waals surface area (Å²) in [5, 5.41) is 4.45. The van der Waals surface area contributed by atoms with Crippen LogP contribution in [0.15, 0.2) is 42.9 Å². The first-order valence-electron chi connectivity index (χ1n) is 5.28. The molecule has 0 aliphatic heterocycles. The zero-order valence-corrected chi connectivity index (χ0v) is 9.11. The molecule has 0 unspecified atom stereocenters. The minimum Gasteiger partial charge on any atom is -0.320 e. The van der Waals surface area contributed by atoms with Crippen LogP contribution < -0.4 is 0 Å². The molecule has 0 saturated heterocycles. The summed E-state index contributed by atoms with van der Waals surface area (Å²) >= 11 is 0. The number of fused-ring (bicyclic) bond motifs is 1. The predicted octanol–water partition coefficient (Wildman–Crippen LogP) is 1.83. The Morgan fingerprint density at radius 3 is 2.94 bits per heavy atom. The van der Waals surface area contributed by atoms with Crippen molar-refractivity contribution in [1.82, 2.24) is 19.2 Å². The molecule has 0 aromatic carbocycles. The average Bonchev–Trinajstić information content (AvgIpc) is 2.93. The van der Waals surface area contributed by atoms with Crippen LogP contribution >= 0.6 is 0 Å². The van der Waals surface area contributed by atoms with Crippen molar-refractivity contribution < 1.29 is 0 Å². The fourth-order valence-electron chi connectivity index (χ4n) is 1.80. The Bertz CT molecular complexity index is 685. The molecule has 0 aliphatic rings. The monoisotopic (exact) mass is 222 g/mol. The van der Waals surface area contributed by atoms with Gasteiger partial charge in [0.25, 0.3) is 0 Å². The molecule has 4 heteroatoms. The molecule has 82 valence electrons. The van der Waals surface area contributed by atoms with Crippen LogP contribution in [0, 0.1) is 12.3 Å². The van der Waals surface area contributed by atoms with Gasteiger partial charge in [-0.1, -0.05) is 12.0 Å². The first-order chi connectivity index (χ1) is 8.38. The van der Waals surface area contributed by atoms with E-state index in [1.54, 1.807) is 10.7 Å². The molecular formula is C13H10N4. The highest BCUT2D eigenvalue weighted by Crippen LogP contribution is 2.17. The molecule has 0 N–H and O–H groups in total. The maximum Gasteiger partial charge on any atom is 0.137 e. The van der Waals surface area contributed by atoms with Gasteiger partial charge in [0.05, 0.1) is 12.2 Å². The number of hydrogen-bond donors (Lipinski definition) is 0. The second-order valence-electron chi connectivity index (χ2n) is 3.68. The lowest BCUT2D eigenvalue weighted by Gasteiger charge is -1.94. The largest absolute Gasteiger partial charge is 0.320 e. The Kier molecular flexibility index (Phi) is 2.16. The topological polar surface area (TPSA) is 35.1 Å². The van der Waals surface area contributed by atoms with Gasteiger partial charge in [-0.15, -0.1) is 6.42 Å². The van der Waals surface area contributed by atoms with Crippen LogP contribution in [0.3, 0.4) is 0 Å². The highest BCUT2D eigenvalue weighted by atomic mass is 15.3. The van der Waals surface area contributed by atoms with Crippen molar-refractivity contribution in [3.05, 3.63) is 42.9 Å². The lowest BCUT2D eigenvalue weighted by Crippen LogP contribution is -1.92. The van der Waals surface area contributed by atoms with Crippen molar-refractivity contribution >= 4 is 5.65 Å². The first-order valence-corrected chi connectivity index (χ1v) is 5.28. The van der Waals surface area contributed by atoms with Gasteiger partial charge in [-0.3, -0.25) is 4.98 Å². The van der Waals surface area contributed by atoms with E-state index in [1.807, 2.05) is 41.2 Å². The second-order valence-corrected chi connectivity index (χ2v) is 3.68. The SMILES string of the molecule is C#CCn1ccn2nc(-c3ccccn3)cc12. The average molecular weight is 222 g/mol. The van der Waals surface area contributed by atoms with Crippen molar-refractivity contribution in [3.63, 3.8) is 0 Å². The summed E-state index contributed by atoms with van der Waals surface area (Å²) in [6.45, 7) is 0.545. The number of terminal acetylenes is 1. The standard InChI is InChI=1S/C13H10N4/c1-2-7-16-8-9-17-13(16)10-12(15-17)11-5-3-4-6-14-11/h1,3-6,8-10H,7H2. The Morgan fingerprint density at radius 2 is 2.18 bits per heavy atom. The number of aromatic nitrogens is 4. The Hall–Kier alpha value is -2.54. The maximum atomic E-state index is 5.32. The number of nitrogens with zero attached hydrogens (tertiary/aromatic N) is 4. The number of pyridine rings is 1. The van der Waals surface area contributed by atoms with E-state index in [-0.39, 0.29) is 0 Å². The van der Waals surface area contributed by atoms with Crippen LogP contribution in [0.1, 0.15) is 0 Å². The van der Waals surface area contributed by atoms with E-state index in [4.69, 9.17) is 6.42 Å². The van der Waals surface area contributed by atoms with Crippen LogP contribution in [0.5, 0.6) is 0 Å². The fraction of sp³-hybridized carbons (Fsp3) is 0.0769. The fourth-order valence-corrected chi connectivity index (χ4v) is 1.80. The minimum atomic E-state index is 0.545. The maximum absolute atomic E-state index is 5.32. The summed E-state index contributed by atoms with van der Waals surface area (Å²) in [5.41, 5.74) is 2.69. The minimum absolute atomic E-state index is 0.545. The molecule has 0 saturated carbocycles. The molecule has 0 amide bonds. The van der Waals surface area contributed by atoms with Gasteiger partial charge in [0.2, 0.25) is 0 Å². The number of rotatable bonds is 2. The van der Waals surface area contributed by atoms with Gasteiger partial charge >= 0.3 is 0 Å². The third-order valence-corrected chi connectivity index (χ3v) is 2.59. The van der Waals surface area contributed by atoms with E-state index >= 15 is 0 Å². The summed E-state index contributed by atoms with van der Waals surface area (Å²) in [6, 6.07) is 7.76. The number of imidazole rings is 1. The van der Waals surface area contributed by atoms with Crippen LogP contribution in [-0.4, -0.2) is 19.2 Å². The molecule has 3 aromatic rings.